The summed E-state index contributed by atoms with van der Waals surface area (Å²) < 4.78 is 10.5. The average molecular weight is 478 g/mol. The zero-order valence-electron chi connectivity index (χ0n) is 20.9. The van der Waals surface area contributed by atoms with Gasteiger partial charge < -0.3 is 19.5 Å². The molecule has 0 aromatic heterocycles. The highest BCUT2D eigenvalue weighted by Crippen LogP contribution is 2.57. The second kappa shape index (κ2) is 10.2. The van der Waals surface area contributed by atoms with Crippen molar-refractivity contribution >= 4 is 23.6 Å². The summed E-state index contributed by atoms with van der Waals surface area (Å²) in [5, 5.41) is 10.3. The highest BCUT2D eigenvalue weighted by atomic mass is 16.5. The lowest BCUT2D eigenvalue weighted by Crippen LogP contribution is -2.48. The Morgan fingerprint density at radius 3 is 2.38 bits per heavy atom. The number of carbonyl (C=O) groups excluding carboxylic acids is 4. The predicted octanol–water partition coefficient (Wildman–Crippen LogP) is 2.81. The van der Waals surface area contributed by atoms with Crippen LogP contribution in [-0.2, 0) is 28.7 Å². The van der Waals surface area contributed by atoms with E-state index in [1.807, 2.05) is 20.8 Å². The highest BCUT2D eigenvalue weighted by molar-refractivity contribution is 5.96. The van der Waals surface area contributed by atoms with Crippen LogP contribution in [-0.4, -0.2) is 65.5 Å². The van der Waals surface area contributed by atoms with Crippen LogP contribution < -0.4 is 0 Å². The molecule has 190 valence electrons. The Hall–Kier alpha value is -2.22. The number of Topliss-reactive ketones (excluding diaryl/α,β-unsaturated/α-hetero) is 1. The number of ketones is 1. The van der Waals surface area contributed by atoms with Crippen molar-refractivity contribution in [1.82, 2.24) is 4.90 Å². The van der Waals surface area contributed by atoms with Gasteiger partial charge >= 0.3 is 11.9 Å². The first kappa shape index (κ1) is 26.4. The molecule has 0 radical (unpaired) electrons. The van der Waals surface area contributed by atoms with Crippen LogP contribution in [0.4, 0.5) is 0 Å². The van der Waals surface area contributed by atoms with E-state index in [2.05, 4.69) is 6.58 Å². The summed E-state index contributed by atoms with van der Waals surface area (Å²) in [5.74, 6) is -2.32. The van der Waals surface area contributed by atoms with Crippen LogP contribution >= 0.6 is 0 Å². The van der Waals surface area contributed by atoms with Crippen molar-refractivity contribution in [3.63, 3.8) is 0 Å². The fourth-order valence-corrected chi connectivity index (χ4v) is 5.52. The normalized spacial score (nSPS) is 30.0. The molecule has 1 aliphatic heterocycles. The topological polar surface area (TPSA) is 110 Å². The fraction of sp³-hybridized carbons (Fsp3) is 0.769. The van der Waals surface area contributed by atoms with E-state index in [1.54, 1.807) is 6.08 Å². The van der Waals surface area contributed by atoms with Gasteiger partial charge in [-0.25, -0.2) is 0 Å². The number of rotatable bonds is 9. The van der Waals surface area contributed by atoms with Crippen molar-refractivity contribution in [2.45, 2.75) is 90.4 Å². The van der Waals surface area contributed by atoms with E-state index in [1.165, 1.54) is 12.0 Å². The van der Waals surface area contributed by atoms with Gasteiger partial charge in [0.2, 0.25) is 5.91 Å². The van der Waals surface area contributed by atoms with E-state index in [4.69, 9.17) is 9.47 Å². The van der Waals surface area contributed by atoms with Gasteiger partial charge in [0.1, 0.15) is 6.10 Å². The van der Waals surface area contributed by atoms with Crippen LogP contribution in [0.15, 0.2) is 12.7 Å². The summed E-state index contributed by atoms with van der Waals surface area (Å²) in [6.45, 7) is 9.41. The monoisotopic (exact) mass is 477 g/mol. The third kappa shape index (κ3) is 5.53. The molecule has 34 heavy (non-hydrogen) atoms. The van der Waals surface area contributed by atoms with E-state index in [9.17, 15) is 24.3 Å². The molecule has 0 bridgehead atoms. The van der Waals surface area contributed by atoms with Gasteiger partial charge in [0, 0.05) is 19.4 Å². The Labute approximate surface area is 202 Å². The third-order valence-corrected chi connectivity index (χ3v) is 7.75. The van der Waals surface area contributed by atoms with Crippen molar-refractivity contribution in [3.8, 4) is 0 Å². The zero-order valence-corrected chi connectivity index (χ0v) is 20.9. The van der Waals surface area contributed by atoms with E-state index < -0.39 is 40.8 Å². The number of aliphatic hydroxyl groups excluding tert-OH is 1. The molecule has 1 amide bonds. The minimum Gasteiger partial charge on any atom is -0.469 e. The molecule has 3 rings (SSSR count). The molecule has 0 spiro atoms. The summed E-state index contributed by atoms with van der Waals surface area (Å²) >= 11 is 0. The second-order valence-electron chi connectivity index (χ2n) is 11.3. The molecule has 1 heterocycles. The molecule has 1 saturated heterocycles. The van der Waals surface area contributed by atoms with E-state index >= 15 is 0 Å². The smallest absolute Gasteiger partial charge is 0.312 e. The van der Waals surface area contributed by atoms with Crippen molar-refractivity contribution in [2.24, 2.45) is 22.7 Å². The van der Waals surface area contributed by atoms with Crippen molar-refractivity contribution in [1.29, 1.82) is 0 Å². The molecule has 3 fully saturated rings. The number of nitrogens with zero attached hydrogens (tertiary/aromatic N) is 1. The molecular formula is C26H39NO7. The summed E-state index contributed by atoms with van der Waals surface area (Å²) in [6, 6.07) is -0.842. The molecule has 8 nitrogen and oxygen atoms in total. The number of hydrogen-bond donors (Lipinski definition) is 1. The van der Waals surface area contributed by atoms with Gasteiger partial charge in [-0.15, -0.1) is 6.58 Å². The molecule has 2 saturated carbocycles. The quantitative estimate of drug-likeness (QED) is 0.402. The van der Waals surface area contributed by atoms with Crippen LogP contribution in [0.2, 0.25) is 0 Å². The maximum Gasteiger partial charge on any atom is 0.312 e. The largest absolute Gasteiger partial charge is 0.469 e. The van der Waals surface area contributed by atoms with Crippen molar-refractivity contribution in [2.75, 3.05) is 13.7 Å². The van der Waals surface area contributed by atoms with Crippen LogP contribution in [0.25, 0.3) is 0 Å². The van der Waals surface area contributed by atoms with Gasteiger partial charge in [-0.1, -0.05) is 26.8 Å². The maximum atomic E-state index is 13.7. The standard InChI is InChI=1S/C26H39NO7/c1-6-16-13-26(16,24(32)33-5)14-21(29)20-11-17(28)15-27(20)23(31)19(25(2,3)4)12-22(30)34-18-9-7-8-10-18/h6,16-20,28H,1,7-15H2,2-5H3/t16-,17?,19-,20+,26-/m1/s1. The molecule has 8 heteroatoms. The number of hydrogen-bond acceptors (Lipinski definition) is 7. The van der Waals surface area contributed by atoms with Crippen LogP contribution in [0.3, 0.4) is 0 Å². The fourth-order valence-electron chi connectivity index (χ4n) is 5.52. The first-order chi connectivity index (χ1) is 15.9. The van der Waals surface area contributed by atoms with Gasteiger partial charge in [0.25, 0.3) is 0 Å². The number of allylic oxidation sites excluding steroid dienone is 1. The van der Waals surface area contributed by atoms with Gasteiger partial charge in [0.15, 0.2) is 5.78 Å². The summed E-state index contributed by atoms with van der Waals surface area (Å²) in [4.78, 5) is 53.5. The minimum atomic E-state index is -0.940. The minimum absolute atomic E-state index is 0.0234. The number of methoxy groups -OCH3 is 1. The summed E-state index contributed by atoms with van der Waals surface area (Å²) in [5.41, 5.74) is -1.49. The number of β-amino-alcohol motifs (C(OH)–C–C–N with tert-alkyl or cyclic N) is 1. The second-order valence-corrected chi connectivity index (χ2v) is 11.3. The molecular weight excluding hydrogens is 438 g/mol. The molecule has 3 aliphatic rings. The zero-order chi connectivity index (χ0) is 25.3. The van der Waals surface area contributed by atoms with Crippen LogP contribution in [0, 0.1) is 22.7 Å². The Kier molecular flexibility index (Phi) is 7.90. The molecule has 0 aromatic carbocycles. The lowest BCUT2D eigenvalue weighted by molar-refractivity contribution is -0.156. The Morgan fingerprint density at radius 1 is 1.21 bits per heavy atom. The van der Waals surface area contributed by atoms with Gasteiger partial charge in [-0.3, -0.25) is 19.2 Å². The van der Waals surface area contributed by atoms with Crippen LogP contribution in [0.1, 0.15) is 72.1 Å². The van der Waals surface area contributed by atoms with Crippen molar-refractivity contribution < 1.29 is 33.8 Å². The molecule has 0 aromatic rings. The van der Waals surface area contributed by atoms with Gasteiger partial charge in [0.05, 0.1) is 37.0 Å². The van der Waals surface area contributed by atoms with Crippen molar-refractivity contribution in [3.05, 3.63) is 12.7 Å². The molecule has 1 N–H and O–H groups in total. The molecule has 5 atom stereocenters. The Balaban J connectivity index is 1.74. The predicted molar refractivity (Wildman–Crippen MR) is 124 cm³/mol. The van der Waals surface area contributed by atoms with Crippen LogP contribution in [0.5, 0.6) is 0 Å². The summed E-state index contributed by atoms with van der Waals surface area (Å²) in [6.07, 6.45) is 4.96. The van der Waals surface area contributed by atoms with E-state index in [-0.39, 0.29) is 49.5 Å². The first-order valence-corrected chi connectivity index (χ1v) is 12.3. The molecule has 1 unspecified atom stereocenters. The molecule has 2 aliphatic carbocycles. The van der Waals surface area contributed by atoms with Gasteiger partial charge in [-0.2, -0.15) is 0 Å². The maximum absolute atomic E-state index is 13.7. The first-order valence-electron chi connectivity index (χ1n) is 12.3. The summed E-state index contributed by atoms with van der Waals surface area (Å²) in [7, 11) is 1.29. The lowest BCUT2D eigenvalue weighted by Gasteiger charge is -2.35. The Bertz CT molecular complexity index is 825. The number of amides is 1. The average Bonchev–Trinajstić information content (AvgIpc) is 3.07. The number of likely N-dealkylation sites (tertiary alicyclic amines) is 1. The number of aliphatic hydroxyl groups is 1. The van der Waals surface area contributed by atoms with E-state index in [0.717, 1.165) is 25.7 Å². The van der Waals surface area contributed by atoms with E-state index in [0.29, 0.717) is 6.42 Å². The number of esters is 2. The lowest BCUT2D eigenvalue weighted by atomic mass is 9.77. The highest BCUT2D eigenvalue weighted by Gasteiger charge is 2.61. The number of carbonyl (C=O) groups is 4. The number of ether oxygens (including phenoxy) is 2. The Morgan fingerprint density at radius 2 is 1.85 bits per heavy atom. The third-order valence-electron chi connectivity index (χ3n) is 7.75. The SMILES string of the molecule is C=C[C@@H]1C[C@]1(CC(=O)[C@@H]1CC(O)CN1C(=O)[C@@H](CC(=O)OC1CCCC1)C(C)(C)C)C(=O)OC. The van der Waals surface area contributed by atoms with Gasteiger partial charge in [-0.05, 0) is 43.4 Å².